The van der Waals surface area contributed by atoms with Gasteiger partial charge < -0.3 is 15.3 Å². The summed E-state index contributed by atoms with van der Waals surface area (Å²) >= 11 is 1.46. The summed E-state index contributed by atoms with van der Waals surface area (Å²) in [7, 11) is 0. The number of carbonyl (C=O) groups is 2. The van der Waals surface area contributed by atoms with Gasteiger partial charge in [-0.2, -0.15) is 18.3 Å². The number of amides is 1. The Morgan fingerprint density at radius 2 is 1.82 bits per heavy atom. The first-order valence-corrected chi connectivity index (χ1v) is 11.0. The lowest BCUT2D eigenvalue weighted by Gasteiger charge is -2.25. The quantitative estimate of drug-likeness (QED) is 0.538. The van der Waals surface area contributed by atoms with Crippen molar-refractivity contribution in [1.29, 1.82) is 0 Å². The third-order valence-electron chi connectivity index (χ3n) is 4.86. The largest absolute Gasteiger partial charge is 0.490 e. The molecule has 8 nitrogen and oxygen atoms in total. The molecule has 0 spiro atoms. The van der Waals surface area contributed by atoms with E-state index in [1.54, 1.807) is 0 Å². The molecule has 2 N–H and O–H groups in total. The van der Waals surface area contributed by atoms with Gasteiger partial charge in [-0.1, -0.05) is 12.1 Å². The number of nitrogens with one attached hydrogen (secondary N) is 1. The fourth-order valence-corrected chi connectivity index (χ4v) is 4.13. The monoisotopic (exact) mass is 493 g/mol. The number of hydrogen-bond donors (Lipinski definition) is 2. The van der Waals surface area contributed by atoms with Gasteiger partial charge in [-0.15, -0.1) is 16.4 Å². The van der Waals surface area contributed by atoms with Crippen LogP contribution < -0.4 is 10.2 Å². The minimum atomic E-state index is -5.08. The van der Waals surface area contributed by atoms with Gasteiger partial charge in [0.2, 0.25) is 0 Å². The maximum Gasteiger partial charge on any atom is 0.490 e. The van der Waals surface area contributed by atoms with E-state index in [0.29, 0.717) is 5.01 Å². The second kappa shape index (κ2) is 10.2. The average Bonchev–Trinajstić information content (AvgIpc) is 3.21. The number of aliphatic carboxylic acids is 1. The van der Waals surface area contributed by atoms with E-state index in [4.69, 9.17) is 9.90 Å². The van der Waals surface area contributed by atoms with E-state index >= 15 is 0 Å². The third kappa shape index (κ3) is 6.07. The van der Waals surface area contributed by atoms with Crippen LogP contribution in [0.1, 0.15) is 37.9 Å². The summed E-state index contributed by atoms with van der Waals surface area (Å²) in [5.41, 5.74) is 3.85. The predicted molar refractivity (Wildman–Crippen MR) is 122 cm³/mol. The highest BCUT2D eigenvalue weighted by Crippen LogP contribution is 2.35. The molecule has 0 bridgehead atoms. The molecule has 1 aromatic carbocycles. The summed E-state index contributed by atoms with van der Waals surface area (Å²) in [5.74, 6) is -1.32. The second-order valence-corrected chi connectivity index (χ2v) is 8.71. The summed E-state index contributed by atoms with van der Waals surface area (Å²) in [6, 6.07) is 9.92. The Balaban J connectivity index is 0.000000406. The van der Waals surface area contributed by atoms with Crippen molar-refractivity contribution in [2.75, 3.05) is 16.8 Å². The van der Waals surface area contributed by atoms with Crippen molar-refractivity contribution in [2.45, 2.75) is 39.8 Å². The van der Waals surface area contributed by atoms with Gasteiger partial charge >= 0.3 is 12.1 Å². The van der Waals surface area contributed by atoms with E-state index in [1.807, 2.05) is 51.1 Å². The van der Waals surface area contributed by atoms with Crippen LogP contribution in [0, 0.1) is 20.8 Å². The molecule has 180 valence electrons. The number of nitrogens with zero attached hydrogens (tertiary/aromatic N) is 4. The van der Waals surface area contributed by atoms with Crippen molar-refractivity contribution in [2.24, 2.45) is 0 Å². The van der Waals surface area contributed by atoms with Gasteiger partial charge in [-0.3, -0.25) is 4.79 Å². The fourth-order valence-electron chi connectivity index (χ4n) is 3.12. The summed E-state index contributed by atoms with van der Waals surface area (Å²) in [5, 5.41) is 19.0. The van der Waals surface area contributed by atoms with Gasteiger partial charge in [0.15, 0.2) is 10.8 Å². The molecule has 0 atom stereocenters. The van der Waals surface area contributed by atoms with E-state index < -0.39 is 12.1 Å². The molecule has 0 saturated carbocycles. The Hall–Kier alpha value is -3.54. The standard InChI is InChI=1S/C20H21N5OS.C2HF3O2/c1-12-6-7-13(2)15(11-12)21-19(26)20-22-18-16(27-20)5-4-10-25(18)17-9-8-14(3)23-24-17;3-2(4,5)1(6)7/h6-9,11H,4-5,10H2,1-3H3,(H,21,26);(H,6,7). The van der Waals surface area contributed by atoms with Crippen molar-refractivity contribution < 1.29 is 27.9 Å². The zero-order chi connectivity index (χ0) is 25.0. The van der Waals surface area contributed by atoms with Crippen LogP contribution in [0.15, 0.2) is 30.3 Å². The van der Waals surface area contributed by atoms with E-state index in [1.165, 1.54) is 11.3 Å². The Kier molecular flexibility index (Phi) is 7.50. The van der Waals surface area contributed by atoms with Crippen LogP contribution in [0.4, 0.5) is 30.5 Å². The third-order valence-corrected chi connectivity index (χ3v) is 5.96. The number of anilines is 3. The highest BCUT2D eigenvalue weighted by atomic mass is 32.1. The van der Waals surface area contributed by atoms with Crippen molar-refractivity contribution >= 4 is 40.5 Å². The van der Waals surface area contributed by atoms with Gasteiger partial charge in [0, 0.05) is 17.1 Å². The number of thiazole rings is 1. The lowest BCUT2D eigenvalue weighted by Crippen LogP contribution is -2.25. The lowest BCUT2D eigenvalue weighted by molar-refractivity contribution is -0.192. The lowest BCUT2D eigenvalue weighted by atomic mass is 10.1. The zero-order valence-electron chi connectivity index (χ0n) is 18.6. The summed E-state index contributed by atoms with van der Waals surface area (Å²) in [6.07, 6.45) is -3.15. The maximum absolute atomic E-state index is 12.8. The molecule has 0 aliphatic carbocycles. The molecule has 4 rings (SSSR count). The normalized spacial score (nSPS) is 12.9. The minimum absolute atomic E-state index is 0.168. The number of alkyl halides is 3. The molecule has 1 amide bonds. The molecular formula is C22H22F3N5O3S. The molecule has 0 unspecified atom stereocenters. The van der Waals surface area contributed by atoms with Gasteiger partial charge in [-0.25, -0.2) is 9.78 Å². The Morgan fingerprint density at radius 1 is 1.12 bits per heavy atom. The van der Waals surface area contributed by atoms with Crippen LogP contribution in [-0.2, 0) is 11.2 Å². The first-order chi connectivity index (χ1) is 16.0. The molecule has 3 heterocycles. The molecule has 34 heavy (non-hydrogen) atoms. The van der Waals surface area contributed by atoms with Crippen LogP contribution in [0.3, 0.4) is 0 Å². The van der Waals surface area contributed by atoms with Crippen molar-refractivity contribution in [1.82, 2.24) is 15.2 Å². The van der Waals surface area contributed by atoms with Crippen LogP contribution in [-0.4, -0.2) is 44.9 Å². The number of aryl methyl sites for hydroxylation is 4. The van der Waals surface area contributed by atoms with E-state index in [9.17, 15) is 18.0 Å². The number of carboxylic acids is 1. The molecular weight excluding hydrogens is 471 g/mol. The SMILES string of the molecule is Cc1ccc(C)c(NC(=O)c2nc3c(s2)CCCN3c2ccc(C)nn2)c1.O=C(O)C(F)(F)F. The van der Waals surface area contributed by atoms with E-state index in [0.717, 1.165) is 58.4 Å². The van der Waals surface area contributed by atoms with Crippen LogP contribution in [0.5, 0.6) is 0 Å². The van der Waals surface area contributed by atoms with Crippen LogP contribution >= 0.6 is 11.3 Å². The van der Waals surface area contributed by atoms with Gasteiger partial charge in [0.05, 0.1) is 5.69 Å². The molecule has 0 fully saturated rings. The number of halogens is 3. The summed E-state index contributed by atoms with van der Waals surface area (Å²) < 4.78 is 31.7. The van der Waals surface area contributed by atoms with Crippen molar-refractivity contribution in [3.05, 3.63) is 57.0 Å². The Morgan fingerprint density at radius 3 is 2.44 bits per heavy atom. The number of carboxylic acid groups (broad SMARTS) is 1. The highest BCUT2D eigenvalue weighted by Gasteiger charge is 2.38. The molecule has 1 aliphatic heterocycles. The molecule has 3 aromatic rings. The van der Waals surface area contributed by atoms with Crippen molar-refractivity contribution in [3.8, 4) is 0 Å². The van der Waals surface area contributed by atoms with E-state index in [2.05, 4.69) is 25.4 Å². The zero-order valence-corrected chi connectivity index (χ0v) is 19.4. The summed E-state index contributed by atoms with van der Waals surface area (Å²) in [6.45, 7) is 6.74. The molecule has 1 aliphatic rings. The smallest absolute Gasteiger partial charge is 0.475 e. The number of rotatable bonds is 3. The number of hydrogen-bond acceptors (Lipinski definition) is 7. The highest BCUT2D eigenvalue weighted by molar-refractivity contribution is 7.14. The van der Waals surface area contributed by atoms with Gasteiger partial charge in [-0.05, 0) is 62.9 Å². The Bertz CT molecular complexity index is 1200. The second-order valence-electron chi connectivity index (χ2n) is 7.63. The molecule has 0 saturated heterocycles. The average molecular weight is 494 g/mol. The minimum Gasteiger partial charge on any atom is -0.475 e. The van der Waals surface area contributed by atoms with Crippen LogP contribution in [0.25, 0.3) is 0 Å². The summed E-state index contributed by atoms with van der Waals surface area (Å²) in [4.78, 5) is 29.5. The first-order valence-electron chi connectivity index (χ1n) is 10.2. The number of fused-ring (bicyclic) bond motifs is 1. The van der Waals surface area contributed by atoms with Gasteiger partial charge in [0.25, 0.3) is 5.91 Å². The molecule has 0 radical (unpaired) electrons. The van der Waals surface area contributed by atoms with E-state index in [-0.39, 0.29) is 5.91 Å². The number of benzene rings is 1. The molecule has 12 heteroatoms. The topological polar surface area (TPSA) is 108 Å². The maximum atomic E-state index is 12.8. The van der Waals surface area contributed by atoms with Crippen molar-refractivity contribution in [3.63, 3.8) is 0 Å². The van der Waals surface area contributed by atoms with Gasteiger partial charge in [0.1, 0.15) is 5.82 Å². The Labute approximate surface area is 197 Å². The first kappa shape index (κ1) is 25.1. The predicted octanol–water partition coefficient (Wildman–Crippen LogP) is 4.83. The molecule has 2 aromatic heterocycles. The fraction of sp³-hybridized carbons (Fsp3) is 0.318. The number of carbonyl (C=O) groups excluding carboxylic acids is 1. The van der Waals surface area contributed by atoms with Crippen LogP contribution in [0.2, 0.25) is 0 Å². The number of aromatic nitrogens is 3.